The summed E-state index contributed by atoms with van der Waals surface area (Å²) in [5.74, 6) is -0.156. The number of hydrogen-bond acceptors (Lipinski definition) is 7. The number of anilines is 1. The summed E-state index contributed by atoms with van der Waals surface area (Å²) >= 11 is 0. The predicted molar refractivity (Wildman–Crippen MR) is 81.5 cm³/mol. The Balaban J connectivity index is 1.90. The molecular formula is C14H22N4O4. The third kappa shape index (κ3) is 4.36. The Morgan fingerprint density at radius 1 is 1.32 bits per heavy atom. The number of ether oxygens (including phenoxy) is 1. The molecular weight excluding hydrogens is 288 g/mol. The summed E-state index contributed by atoms with van der Waals surface area (Å²) < 4.78 is 5.54. The van der Waals surface area contributed by atoms with Gasteiger partial charge in [-0.1, -0.05) is 0 Å². The van der Waals surface area contributed by atoms with Gasteiger partial charge in [-0.3, -0.25) is 4.90 Å². The highest BCUT2D eigenvalue weighted by Gasteiger charge is 2.26. The number of nitrogens with zero attached hydrogens (tertiary/aromatic N) is 4. The zero-order chi connectivity index (χ0) is 16.3. The van der Waals surface area contributed by atoms with Gasteiger partial charge in [0.2, 0.25) is 6.41 Å². The van der Waals surface area contributed by atoms with Crippen LogP contribution in [0.3, 0.4) is 0 Å². The number of pyridine rings is 1. The Morgan fingerprint density at radius 2 is 1.95 bits per heavy atom. The fraction of sp³-hybridized carbons (Fsp3) is 0.643. The lowest BCUT2D eigenvalue weighted by atomic mass is 10.2. The van der Waals surface area contributed by atoms with Crippen LogP contribution in [0.4, 0.5) is 11.5 Å². The maximum absolute atomic E-state index is 10.6. The van der Waals surface area contributed by atoms with E-state index in [0.717, 1.165) is 5.69 Å². The highest BCUT2D eigenvalue weighted by molar-refractivity contribution is 5.46. The molecule has 2 heterocycles. The molecule has 2 rings (SSSR count). The summed E-state index contributed by atoms with van der Waals surface area (Å²) in [5.41, 5.74) is 0.440. The number of piperazine rings is 1. The van der Waals surface area contributed by atoms with E-state index in [-0.39, 0.29) is 5.82 Å². The summed E-state index contributed by atoms with van der Waals surface area (Å²) in [6.45, 7) is 8.38. The number of aromatic nitrogens is 1. The van der Waals surface area contributed by atoms with Crippen LogP contribution in [0.25, 0.3) is 0 Å². The van der Waals surface area contributed by atoms with E-state index in [1.807, 2.05) is 25.7 Å². The Labute approximate surface area is 129 Å². The van der Waals surface area contributed by atoms with Crippen molar-refractivity contribution in [2.45, 2.75) is 32.8 Å². The summed E-state index contributed by atoms with van der Waals surface area (Å²) in [4.78, 5) is 17.9. The molecule has 1 aliphatic rings. The molecule has 0 spiro atoms. The van der Waals surface area contributed by atoms with Crippen molar-refractivity contribution < 1.29 is 14.8 Å². The van der Waals surface area contributed by atoms with Gasteiger partial charge in [-0.05, 0) is 36.7 Å². The standard InChI is InChI=1S/C14H22N4O4/c1-14(2,3)22-13(19)17-8-6-16(7-9-17)11-4-5-12(15-10-11)18(20)21/h4-5,10,13,19H,6-9H2,1-3H3. The SMILES string of the molecule is CC(C)(C)OC(O)N1CCN(c2ccc([N+](=O)[O-])nc2)CC1. The highest BCUT2D eigenvalue weighted by atomic mass is 16.6. The molecule has 1 aliphatic heterocycles. The van der Waals surface area contributed by atoms with Crippen LogP contribution in [0.2, 0.25) is 0 Å². The summed E-state index contributed by atoms with van der Waals surface area (Å²) in [5, 5.41) is 20.7. The molecule has 0 amide bonds. The molecule has 1 fully saturated rings. The largest absolute Gasteiger partial charge is 0.366 e. The van der Waals surface area contributed by atoms with Gasteiger partial charge in [0.05, 0.1) is 11.3 Å². The third-order valence-electron chi connectivity index (χ3n) is 3.37. The first-order chi connectivity index (χ1) is 10.3. The molecule has 0 saturated carbocycles. The second kappa shape index (κ2) is 6.55. The third-order valence-corrected chi connectivity index (χ3v) is 3.37. The van der Waals surface area contributed by atoms with Crippen molar-refractivity contribution in [2.75, 3.05) is 31.1 Å². The van der Waals surface area contributed by atoms with Crippen molar-refractivity contribution in [1.29, 1.82) is 0 Å². The average Bonchev–Trinajstić information content (AvgIpc) is 2.46. The normalized spacial score (nSPS) is 18.3. The van der Waals surface area contributed by atoms with Gasteiger partial charge < -0.3 is 24.9 Å². The summed E-state index contributed by atoms with van der Waals surface area (Å²) in [6.07, 6.45) is 0.590. The van der Waals surface area contributed by atoms with E-state index in [0.29, 0.717) is 26.2 Å². The van der Waals surface area contributed by atoms with Crippen LogP contribution in [-0.4, -0.2) is 58.1 Å². The molecule has 122 valence electrons. The van der Waals surface area contributed by atoms with Gasteiger partial charge >= 0.3 is 5.82 Å². The van der Waals surface area contributed by atoms with Gasteiger partial charge in [0.1, 0.15) is 0 Å². The van der Waals surface area contributed by atoms with Gasteiger partial charge in [0.25, 0.3) is 0 Å². The lowest BCUT2D eigenvalue weighted by Gasteiger charge is -2.39. The number of rotatable bonds is 4. The summed E-state index contributed by atoms with van der Waals surface area (Å²) in [6, 6.07) is 3.10. The van der Waals surface area contributed by atoms with E-state index in [1.54, 1.807) is 6.07 Å². The molecule has 8 nitrogen and oxygen atoms in total. The average molecular weight is 310 g/mol. The van der Waals surface area contributed by atoms with Crippen LogP contribution >= 0.6 is 0 Å². The van der Waals surface area contributed by atoms with E-state index in [1.165, 1.54) is 12.3 Å². The van der Waals surface area contributed by atoms with E-state index < -0.39 is 16.9 Å². The lowest BCUT2D eigenvalue weighted by molar-refractivity contribution is -0.389. The Morgan fingerprint density at radius 3 is 2.41 bits per heavy atom. The number of nitro groups is 1. The highest BCUT2D eigenvalue weighted by Crippen LogP contribution is 2.20. The Hall–Kier alpha value is -1.77. The van der Waals surface area contributed by atoms with Gasteiger partial charge in [0, 0.05) is 32.2 Å². The minimum atomic E-state index is -0.919. The minimum Gasteiger partial charge on any atom is -0.366 e. The van der Waals surface area contributed by atoms with Gasteiger partial charge in [-0.15, -0.1) is 0 Å². The van der Waals surface area contributed by atoms with E-state index >= 15 is 0 Å². The zero-order valence-corrected chi connectivity index (χ0v) is 13.1. The molecule has 1 unspecified atom stereocenters. The van der Waals surface area contributed by atoms with Crippen molar-refractivity contribution in [3.8, 4) is 0 Å². The quantitative estimate of drug-likeness (QED) is 0.507. The van der Waals surface area contributed by atoms with Gasteiger partial charge in [-0.2, -0.15) is 0 Å². The van der Waals surface area contributed by atoms with Crippen LogP contribution in [0.15, 0.2) is 18.3 Å². The van der Waals surface area contributed by atoms with Crippen LogP contribution in [0.1, 0.15) is 20.8 Å². The number of hydrogen-bond donors (Lipinski definition) is 1. The molecule has 8 heteroatoms. The summed E-state index contributed by atoms with van der Waals surface area (Å²) in [7, 11) is 0. The molecule has 0 aromatic carbocycles. The molecule has 1 N–H and O–H groups in total. The van der Waals surface area contributed by atoms with Crippen LogP contribution in [-0.2, 0) is 4.74 Å². The van der Waals surface area contributed by atoms with E-state index in [2.05, 4.69) is 9.88 Å². The first kappa shape index (κ1) is 16.6. The predicted octanol–water partition coefficient (Wildman–Crippen LogP) is 1.20. The van der Waals surface area contributed by atoms with E-state index in [4.69, 9.17) is 4.74 Å². The zero-order valence-electron chi connectivity index (χ0n) is 13.1. The molecule has 22 heavy (non-hydrogen) atoms. The van der Waals surface area contributed by atoms with Crippen molar-refractivity contribution in [2.24, 2.45) is 0 Å². The van der Waals surface area contributed by atoms with Gasteiger partial charge in [0.15, 0.2) is 6.20 Å². The fourth-order valence-electron chi connectivity index (χ4n) is 2.27. The second-order valence-corrected chi connectivity index (χ2v) is 6.21. The molecule has 1 aromatic rings. The number of aliphatic hydroxyl groups is 1. The maximum atomic E-state index is 10.6. The first-order valence-corrected chi connectivity index (χ1v) is 7.21. The molecule has 0 radical (unpaired) electrons. The Bertz CT molecular complexity index is 507. The molecule has 1 saturated heterocycles. The topological polar surface area (TPSA) is 92.0 Å². The van der Waals surface area contributed by atoms with Crippen LogP contribution in [0.5, 0.6) is 0 Å². The van der Waals surface area contributed by atoms with Crippen molar-refractivity contribution in [3.63, 3.8) is 0 Å². The monoisotopic (exact) mass is 310 g/mol. The smallest absolute Gasteiger partial charge is 0.363 e. The first-order valence-electron chi connectivity index (χ1n) is 7.21. The Kier molecular flexibility index (Phi) is 4.94. The second-order valence-electron chi connectivity index (χ2n) is 6.21. The van der Waals surface area contributed by atoms with E-state index in [9.17, 15) is 15.2 Å². The fourth-order valence-corrected chi connectivity index (χ4v) is 2.27. The lowest BCUT2D eigenvalue weighted by Crippen LogP contribution is -2.52. The van der Waals surface area contributed by atoms with Crippen LogP contribution in [0, 0.1) is 10.1 Å². The number of aliphatic hydroxyl groups excluding tert-OH is 1. The minimum absolute atomic E-state index is 0.156. The van der Waals surface area contributed by atoms with Crippen molar-refractivity contribution in [1.82, 2.24) is 9.88 Å². The molecule has 1 atom stereocenters. The van der Waals surface area contributed by atoms with Crippen LogP contribution < -0.4 is 4.90 Å². The van der Waals surface area contributed by atoms with Crippen molar-refractivity contribution in [3.05, 3.63) is 28.4 Å². The maximum Gasteiger partial charge on any atom is 0.363 e. The molecule has 1 aromatic heterocycles. The molecule has 0 bridgehead atoms. The molecule has 0 aliphatic carbocycles. The van der Waals surface area contributed by atoms with Gasteiger partial charge in [-0.25, -0.2) is 0 Å². The van der Waals surface area contributed by atoms with Crippen molar-refractivity contribution >= 4 is 11.5 Å².